The number of thioether (sulfide) groups is 1. The van der Waals surface area contributed by atoms with Crippen molar-refractivity contribution < 1.29 is 23.9 Å². The molecule has 0 fully saturated rings. The second-order valence-electron chi connectivity index (χ2n) is 10.2. The number of rotatable bonds is 11. The molecule has 0 aromatic heterocycles. The van der Waals surface area contributed by atoms with Gasteiger partial charge < -0.3 is 25.4 Å². The predicted molar refractivity (Wildman–Crippen MR) is 184 cm³/mol. The van der Waals surface area contributed by atoms with Gasteiger partial charge in [0.05, 0.1) is 25.2 Å². The highest BCUT2D eigenvalue weighted by molar-refractivity contribution is 8.00. The Balaban J connectivity index is 1.30. The highest BCUT2D eigenvalue weighted by Crippen LogP contribution is 2.31. The smallest absolute Gasteiger partial charge is 0.272 e. The number of hydrogen-bond acceptors (Lipinski definition) is 6. The highest BCUT2D eigenvalue weighted by Gasteiger charge is 2.18. The first-order chi connectivity index (χ1) is 22.3. The molecular formula is C37H33N3O5S. The topological polar surface area (TPSA) is 106 Å². The third-order valence-corrected chi connectivity index (χ3v) is 8.22. The van der Waals surface area contributed by atoms with Gasteiger partial charge in [0, 0.05) is 22.2 Å². The second kappa shape index (κ2) is 15.0. The van der Waals surface area contributed by atoms with Gasteiger partial charge in [-0.05, 0) is 77.9 Å². The van der Waals surface area contributed by atoms with Crippen LogP contribution in [-0.2, 0) is 9.59 Å². The van der Waals surface area contributed by atoms with E-state index in [1.54, 1.807) is 67.8 Å². The minimum atomic E-state index is -0.474. The molecule has 5 aromatic carbocycles. The minimum absolute atomic E-state index is 0.0990. The van der Waals surface area contributed by atoms with Crippen LogP contribution in [-0.4, -0.2) is 37.2 Å². The normalized spacial score (nSPS) is 11.8. The molecule has 46 heavy (non-hydrogen) atoms. The molecule has 0 radical (unpaired) electrons. The van der Waals surface area contributed by atoms with Crippen LogP contribution < -0.4 is 25.4 Å². The molecule has 0 heterocycles. The van der Waals surface area contributed by atoms with Crippen LogP contribution in [0.2, 0.25) is 0 Å². The second-order valence-corrected chi connectivity index (χ2v) is 11.7. The van der Waals surface area contributed by atoms with Crippen molar-refractivity contribution in [3.63, 3.8) is 0 Å². The van der Waals surface area contributed by atoms with Crippen molar-refractivity contribution in [3.05, 3.63) is 132 Å². The number of carbonyl (C=O) groups is 3. The Hall–Kier alpha value is -5.54. The minimum Gasteiger partial charge on any atom is -0.497 e. The largest absolute Gasteiger partial charge is 0.497 e. The lowest BCUT2D eigenvalue weighted by molar-refractivity contribution is -0.115. The number of anilines is 2. The van der Waals surface area contributed by atoms with Gasteiger partial charge in [-0.1, -0.05) is 60.7 Å². The van der Waals surface area contributed by atoms with E-state index in [0.717, 1.165) is 21.2 Å². The standard InChI is InChI=1S/C37H33N3O5S/c1-24(35(41)39-32-23-29(44-2)18-21-34(32)45-3)46-30-19-16-28(17-20-30)38-37(43)33(40-36(42)26-11-5-4-6-12-26)22-27-14-9-13-25-10-7-8-15-31(25)27/h4-24H,1-3H3,(H,38,43)(H,39,41)(H,40,42)/b33-22-. The zero-order chi connectivity index (χ0) is 32.5. The molecule has 3 N–H and O–H groups in total. The van der Waals surface area contributed by atoms with Crippen molar-refractivity contribution in [1.29, 1.82) is 0 Å². The van der Waals surface area contributed by atoms with Gasteiger partial charge in [-0.25, -0.2) is 0 Å². The Labute approximate surface area is 271 Å². The average Bonchev–Trinajstić information content (AvgIpc) is 3.09. The van der Waals surface area contributed by atoms with Gasteiger partial charge in [0.2, 0.25) is 5.91 Å². The summed E-state index contributed by atoms with van der Waals surface area (Å²) in [7, 11) is 3.09. The van der Waals surface area contributed by atoms with Crippen molar-refractivity contribution in [2.45, 2.75) is 17.1 Å². The first-order valence-electron chi connectivity index (χ1n) is 14.5. The SMILES string of the molecule is COc1ccc(OC)c(NC(=O)C(C)Sc2ccc(NC(=O)/C(=C/c3cccc4ccccc34)NC(=O)c3ccccc3)cc2)c1. The average molecular weight is 632 g/mol. The Morgan fingerprint density at radius 1 is 0.761 bits per heavy atom. The summed E-state index contributed by atoms with van der Waals surface area (Å²) in [6.07, 6.45) is 1.68. The van der Waals surface area contributed by atoms with Gasteiger partial charge in [0.1, 0.15) is 17.2 Å². The Kier molecular flexibility index (Phi) is 10.4. The molecule has 1 atom stereocenters. The van der Waals surface area contributed by atoms with Crippen LogP contribution in [0.3, 0.4) is 0 Å². The molecule has 232 valence electrons. The van der Waals surface area contributed by atoms with E-state index >= 15 is 0 Å². The Bertz CT molecular complexity index is 1890. The summed E-state index contributed by atoms with van der Waals surface area (Å²) in [6.45, 7) is 1.81. The molecule has 0 aliphatic heterocycles. The first-order valence-corrected chi connectivity index (χ1v) is 15.4. The lowest BCUT2D eigenvalue weighted by atomic mass is 10.0. The van der Waals surface area contributed by atoms with Crippen molar-refractivity contribution in [3.8, 4) is 11.5 Å². The summed E-state index contributed by atoms with van der Waals surface area (Å²) < 4.78 is 10.6. The van der Waals surface area contributed by atoms with E-state index in [1.807, 2.05) is 67.6 Å². The quantitative estimate of drug-likeness (QED) is 0.104. The third-order valence-electron chi connectivity index (χ3n) is 7.11. The summed E-state index contributed by atoms with van der Waals surface area (Å²) in [5.41, 5.74) is 2.38. The number of hydrogen-bond donors (Lipinski definition) is 3. The number of carbonyl (C=O) groups excluding carboxylic acids is 3. The summed E-state index contributed by atoms with van der Waals surface area (Å²) in [5.74, 6) is 0.0563. The lowest BCUT2D eigenvalue weighted by Crippen LogP contribution is -2.30. The molecule has 3 amide bonds. The maximum Gasteiger partial charge on any atom is 0.272 e. The summed E-state index contributed by atoms with van der Waals surface area (Å²) in [6, 6.07) is 34.7. The van der Waals surface area contributed by atoms with Gasteiger partial charge in [-0.3, -0.25) is 14.4 Å². The van der Waals surface area contributed by atoms with E-state index in [1.165, 1.54) is 18.9 Å². The fraction of sp³-hybridized carbons (Fsp3) is 0.108. The van der Waals surface area contributed by atoms with Gasteiger partial charge in [0.25, 0.3) is 11.8 Å². The Morgan fingerprint density at radius 2 is 1.48 bits per heavy atom. The van der Waals surface area contributed by atoms with Crippen LogP contribution in [0.5, 0.6) is 11.5 Å². The highest BCUT2D eigenvalue weighted by atomic mass is 32.2. The van der Waals surface area contributed by atoms with Crippen molar-refractivity contribution in [1.82, 2.24) is 5.32 Å². The zero-order valence-corrected chi connectivity index (χ0v) is 26.4. The lowest BCUT2D eigenvalue weighted by Gasteiger charge is -2.15. The van der Waals surface area contributed by atoms with E-state index in [9.17, 15) is 14.4 Å². The van der Waals surface area contributed by atoms with Crippen LogP contribution in [0.15, 0.2) is 126 Å². The van der Waals surface area contributed by atoms with Gasteiger partial charge in [-0.15, -0.1) is 11.8 Å². The fourth-order valence-electron chi connectivity index (χ4n) is 4.69. The van der Waals surface area contributed by atoms with E-state index in [-0.39, 0.29) is 11.6 Å². The van der Waals surface area contributed by atoms with Crippen LogP contribution in [0.25, 0.3) is 16.8 Å². The fourth-order valence-corrected chi connectivity index (χ4v) is 5.56. The predicted octanol–water partition coefficient (Wildman–Crippen LogP) is 7.39. The van der Waals surface area contributed by atoms with Gasteiger partial charge in [-0.2, -0.15) is 0 Å². The number of amides is 3. The van der Waals surface area contributed by atoms with Crippen LogP contribution in [0.4, 0.5) is 11.4 Å². The number of methoxy groups -OCH3 is 2. The van der Waals surface area contributed by atoms with E-state index in [0.29, 0.717) is 28.4 Å². The maximum atomic E-state index is 13.6. The number of nitrogens with one attached hydrogen (secondary N) is 3. The molecular weight excluding hydrogens is 598 g/mol. The molecule has 0 saturated carbocycles. The molecule has 0 saturated heterocycles. The van der Waals surface area contributed by atoms with Crippen molar-refractivity contribution in [2.75, 3.05) is 24.9 Å². The molecule has 0 spiro atoms. The van der Waals surface area contributed by atoms with Crippen LogP contribution >= 0.6 is 11.8 Å². The maximum absolute atomic E-state index is 13.6. The monoisotopic (exact) mass is 631 g/mol. The van der Waals surface area contributed by atoms with E-state index < -0.39 is 17.1 Å². The molecule has 5 rings (SSSR count). The zero-order valence-electron chi connectivity index (χ0n) is 25.6. The molecule has 0 aliphatic carbocycles. The van der Waals surface area contributed by atoms with Crippen molar-refractivity contribution >= 4 is 57.7 Å². The van der Waals surface area contributed by atoms with Crippen molar-refractivity contribution in [2.24, 2.45) is 0 Å². The molecule has 0 aliphatic rings. The molecule has 0 bridgehead atoms. The number of fused-ring (bicyclic) bond motifs is 1. The Morgan fingerprint density at radius 3 is 2.22 bits per heavy atom. The first kappa shape index (κ1) is 31.9. The molecule has 8 nitrogen and oxygen atoms in total. The van der Waals surface area contributed by atoms with Gasteiger partial charge in [0.15, 0.2) is 0 Å². The van der Waals surface area contributed by atoms with Crippen LogP contribution in [0.1, 0.15) is 22.8 Å². The number of ether oxygens (including phenoxy) is 2. The van der Waals surface area contributed by atoms with E-state index in [2.05, 4.69) is 16.0 Å². The third kappa shape index (κ3) is 7.94. The number of benzene rings is 5. The molecule has 1 unspecified atom stereocenters. The van der Waals surface area contributed by atoms with Gasteiger partial charge >= 0.3 is 0 Å². The summed E-state index contributed by atoms with van der Waals surface area (Å²) >= 11 is 1.37. The van der Waals surface area contributed by atoms with Crippen LogP contribution in [0, 0.1) is 0 Å². The molecule has 9 heteroatoms. The summed E-state index contributed by atoms with van der Waals surface area (Å²) in [5, 5.41) is 10.1. The molecule has 5 aromatic rings. The van der Waals surface area contributed by atoms with E-state index in [4.69, 9.17) is 9.47 Å². The summed E-state index contributed by atoms with van der Waals surface area (Å²) in [4.78, 5) is 40.4.